The summed E-state index contributed by atoms with van der Waals surface area (Å²) in [6.45, 7) is 5.39. The van der Waals surface area contributed by atoms with Crippen molar-refractivity contribution in [2.75, 3.05) is 6.61 Å². The number of nitrogens with one attached hydrogen (secondary N) is 1. The SMILES string of the molecule is CCCCn1c(=O)n2cnnc2c2[nH]c(-c3ccccc3OCCC)nc21. The minimum atomic E-state index is -0.176. The molecule has 0 aliphatic carbocycles. The summed E-state index contributed by atoms with van der Waals surface area (Å²) in [5, 5.41) is 8.01. The fourth-order valence-corrected chi connectivity index (χ4v) is 3.13. The van der Waals surface area contributed by atoms with Gasteiger partial charge in [-0.3, -0.25) is 4.57 Å². The Kier molecular flexibility index (Phi) is 4.62. The first kappa shape index (κ1) is 17.3. The van der Waals surface area contributed by atoms with Crippen LogP contribution in [0.2, 0.25) is 0 Å². The van der Waals surface area contributed by atoms with Gasteiger partial charge < -0.3 is 9.72 Å². The molecule has 0 aliphatic heterocycles. The number of unbranched alkanes of at least 4 members (excludes halogenated alkanes) is 1. The number of hydrogen-bond acceptors (Lipinski definition) is 5. The van der Waals surface area contributed by atoms with Gasteiger partial charge in [0.2, 0.25) is 0 Å². The summed E-state index contributed by atoms with van der Waals surface area (Å²) in [5.74, 6) is 1.41. The van der Waals surface area contributed by atoms with Crippen LogP contribution in [0.5, 0.6) is 5.75 Å². The molecular formula is C19H22N6O2. The molecule has 0 fully saturated rings. The number of rotatable bonds is 7. The Labute approximate surface area is 155 Å². The Morgan fingerprint density at radius 3 is 2.81 bits per heavy atom. The van der Waals surface area contributed by atoms with Crippen LogP contribution < -0.4 is 10.4 Å². The average Bonchev–Trinajstić information content (AvgIpc) is 3.34. The third-order valence-corrected chi connectivity index (χ3v) is 4.49. The number of benzene rings is 1. The molecule has 0 bridgehead atoms. The van der Waals surface area contributed by atoms with Gasteiger partial charge in [0.25, 0.3) is 0 Å². The molecule has 0 aliphatic rings. The lowest BCUT2D eigenvalue weighted by Crippen LogP contribution is -2.27. The third-order valence-electron chi connectivity index (χ3n) is 4.49. The van der Waals surface area contributed by atoms with E-state index < -0.39 is 0 Å². The Morgan fingerprint density at radius 1 is 1.15 bits per heavy atom. The zero-order chi connectivity index (χ0) is 18.8. The van der Waals surface area contributed by atoms with Crippen LogP contribution in [0.4, 0.5) is 0 Å². The van der Waals surface area contributed by atoms with Crippen LogP contribution >= 0.6 is 0 Å². The number of fused-ring (bicyclic) bond motifs is 3. The van der Waals surface area contributed by atoms with Gasteiger partial charge in [0.05, 0.1) is 12.2 Å². The van der Waals surface area contributed by atoms with E-state index in [4.69, 9.17) is 9.72 Å². The fourth-order valence-electron chi connectivity index (χ4n) is 3.13. The zero-order valence-electron chi connectivity index (χ0n) is 15.5. The molecule has 0 radical (unpaired) electrons. The van der Waals surface area contributed by atoms with Crippen molar-refractivity contribution in [1.82, 2.24) is 29.1 Å². The molecule has 8 heteroatoms. The molecule has 0 saturated heterocycles. The van der Waals surface area contributed by atoms with E-state index in [0.29, 0.717) is 35.8 Å². The second-order valence-corrected chi connectivity index (χ2v) is 6.44. The number of para-hydroxylation sites is 1. The van der Waals surface area contributed by atoms with Crippen molar-refractivity contribution < 1.29 is 4.74 Å². The Hall–Kier alpha value is -3.16. The highest BCUT2D eigenvalue weighted by Crippen LogP contribution is 2.30. The molecule has 0 spiro atoms. The predicted molar refractivity (Wildman–Crippen MR) is 103 cm³/mol. The van der Waals surface area contributed by atoms with E-state index in [9.17, 15) is 4.79 Å². The van der Waals surface area contributed by atoms with Gasteiger partial charge in [-0.15, -0.1) is 10.2 Å². The zero-order valence-corrected chi connectivity index (χ0v) is 15.5. The Bertz CT molecular complexity index is 1140. The lowest BCUT2D eigenvalue weighted by molar-refractivity contribution is 0.318. The molecule has 8 nitrogen and oxygen atoms in total. The minimum absolute atomic E-state index is 0.176. The molecule has 140 valence electrons. The number of ether oxygens (including phenoxy) is 1. The summed E-state index contributed by atoms with van der Waals surface area (Å²) < 4.78 is 9.01. The van der Waals surface area contributed by atoms with E-state index in [1.165, 1.54) is 10.7 Å². The molecule has 27 heavy (non-hydrogen) atoms. The van der Waals surface area contributed by atoms with Gasteiger partial charge in [0.1, 0.15) is 23.4 Å². The number of aromatic nitrogens is 6. The number of H-pyrrole nitrogens is 1. The van der Waals surface area contributed by atoms with Crippen molar-refractivity contribution in [2.24, 2.45) is 0 Å². The molecule has 3 heterocycles. The quantitative estimate of drug-likeness (QED) is 0.543. The van der Waals surface area contributed by atoms with Gasteiger partial charge in [-0.2, -0.15) is 0 Å². The first-order chi connectivity index (χ1) is 13.2. The Morgan fingerprint density at radius 2 is 2.00 bits per heavy atom. The largest absolute Gasteiger partial charge is 0.493 e. The van der Waals surface area contributed by atoms with Crippen molar-refractivity contribution in [3.63, 3.8) is 0 Å². The summed E-state index contributed by atoms with van der Waals surface area (Å²) in [4.78, 5) is 20.9. The van der Waals surface area contributed by atoms with Gasteiger partial charge in [-0.05, 0) is 25.0 Å². The highest BCUT2D eigenvalue weighted by atomic mass is 16.5. The molecular weight excluding hydrogens is 344 g/mol. The number of aryl methyl sites for hydroxylation is 1. The van der Waals surface area contributed by atoms with Crippen LogP contribution in [-0.4, -0.2) is 35.7 Å². The third kappa shape index (κ3) is 2.97. The Balaban J connectivity index is 1.93. The van der Waals surface area contributed by atoms with Crippen molar-refractivity contribution in [2.45, 2.75) is 39.7 Å². The topological polar surface area (TPSA) is 90.1 Å². The predicted octanol–water partition coefficient (Wildman–Crippen LogP) is 3.02. The highest BCUT2D eigenvalue weighted by Gasteiger charge is 2.18. The summed E-state index contributed by atoms with van der Waals surface area (Å²) in [7, 11) is 0. The summed E-state index contributed by atoms with van der Waals surface area (Å²) in [6, 6.07) is 7.76. The maximum atomic E-state index is 12.8. The van der Waals surface area contributed by atoms with E-state index in [-0.39, 0.29) is 5.69 Å². The lowest BCUT2D eigenvalue weighted by Gasteiger charge is -2.08. The first-order valence-electron chi connectivity index (χ1n) is 9.29. The molecule has 4 rings (SSSR count). The van der Waals surface area contributed by atoms with E-state index in [2.05, 4.69) is 29.0 Å². The van der Waals surface area contributed by atoms with Crippen LogP contribution in [-0.2, 0) is 6.54 Å². The van der Waals surface area contributed by atoms with Gasteiger partial charge in [-0.25, -0.2) is 14.2 Å². The van der Waals surface area contributed by atoms with Gasteiger partial charge in [0.15, 0.2) is 11.3 Å². The highest BCUT2D eigenvalue weighted by molar-refractivity contribution is 5.88. The number of imidazole rings is 1. The van der Waals surface area contributed by atoms with Crippen molar-refractivity contribution in [3.8, 4) is 17.1 Å². The van der Waals surface area contributed by atoms with E-state index in [1.807, 2.05) is 24.3 Å². The second kappa shape index (κ2) is 7.22. The number of nitrogens with zero attached hydrogens (tertiary/aromatic N) is 5. The van der Waals surface area contributed by atoms with Gasteiger partial charge in [0, 0.05) is 6.54 Å². The molecule has 0 unspecified atom stereocenters. The van der Waals surface area contributed by atoms with Crippen molar-refractivity contribution in [3.05, 3.63) is 41.1 Å². The van der Waals surface area contributed by atoms with E-state index in [1.54, 1.807) is 4.57 Å². The fraction of sp³-hybridized carbons (Fsp3) is 0.368. The monoisotopic (exact) mass is 366 g/mol. The summed E-state index contributed by atoms with van der Waals surface area (Å²) in [6.07, 6.45) is 4.24. The molecule has 3 aromatic heterocycles. The van der Waals surface area contributed by atoms with Crippen molar-refractivity contribution in [1.29, 1.82) is 0 Å². The maximum absolute atomic E-state index is 12.8. The molecule has 0 atom stereocenters. The van der Waals surface area contributed by atoms with Crippen LogP contribution in [0.3, 0.4) is 0 Å². The average molecular weight is 366 g/mol. The summed E-state index contributed by atoms with van der Waals surface area (Å²) in [5.41, 5.74) is 2.45. The van der Waals surface area contributed by atoms with Crippen LogP contribution in [0.1, 0.15) is 33.1 Å². The molecule has 4 aromatic rings. The van der Waals surface area contributed by atoms with Crippen LogP contribution in [0.25, 0.3) is 28.2 Å². The maximum Gasteiger partial charge on any atom is 0.336 e. The number of hydrogen-bond donors (Lipinski definition) is 1. The summed E-state index contributed by atoms with van der Waals surface area (Å²) >= 11 is 0. The minimum Gasteiger partial charge on any atom is -0.493 e. The second-order valence-electron chi connectivity index (χ2n) is 6.44. The van der Waals surface area contributed by atoms with Gasteiger partial charge >= 0.3 is 5.69 Å². The molecule has 1 N–H and O–H groups in total. The lowest BCUT2D eigenvalue weighted by atomic mass is 10.2. The van der Waals surface area contributed by atoms with Gasteiger partial charge in [-0.1, -0.05) is 32.4 Å². The van der Waals surface area contributed by atoms with Crippen LogP contribution in [0, 0.1) is 0 Å². The first-order valence-corrected chi connectivity index (χ1v) is 9.29. The van der Waals surface area contributed by atoms with Crippen molar-refractivity contribution >= 4 is 16.8 Å². The molecule has 0 amide bonds. The smallest absolute Gasteiger partial charge is 0.336 e. The standard InChI is InChI=1S/C19H22N6O2/c1-3-5-10-24-17-15(18-23-20-12-25(18)19(24)26)21-16(22-17)13-8-6-7-9-14(13)27-11-4-2/h6-9,12H,3-5,10-11H2,1-2H3,(H,21,22). The van der Waals surface area contributed by atoms with E-state index in [0.717, 1.165) is 30.6 Å². The normalized spacial score (nSPS) is 11.5. The molecule has 1 aromatic carbocycles. The molecule has 0 saturated carbocycles. The number of aromatic amines is 1. The van der Waals surface area contributed by atoms with Crippen LogP contribution in [0.15, 0.2) is 35.4 Å². The van der Waals surface area contributed by atoms with E-state index >= 15 is 0 Å².